The summed E-state index contributed by atoms with van der Waals surface area (Å²) in [6.45, 7) is 0.196. The van der Waals surface area contributed by atoms with Crippen LogP contribution >= 0.6 is 0 Å². The summed E-state index contributed by atoms with van der Waals surface area (Å²) in [5.41, 5.74) is -9.39. The monoisotopic (exact) mass is 702 g/mol. The average Bonchev–Trinajstić information content (AvgIpc) is 3.01. The van der Waals surface area contributed by atoms with E-state index in [1.54, 1.807) is 0 Å². The van der Waals surface area contributed by atoms with E-state index >= 15 is 0 Å². The highest BCUT2D eigenvalue weighted by atomic mass is 32.2. The molecule has 0 aliphatic heterocycles. The summed E-state index contributed by atoms with van der Waals surface area (Å²) < 4.78 is 131. The van der Waals surface area contributed by atoms with E-state index in [2.05, 4.69) is 4.74 Å². The van der Waals surface area contributed by atoms with Crippen molar-refractivity contribution in [1.82, 2.24) is 0 Å². The lowest BCUT2D eigenvalue weighted by Gasteiger charge is -2.37. The zero-order valence-corrected chi connectivity index (χ0v) is 26.4. The van der Waals surface area contributed by atoms with Gasteiger partial charge in [0.05, 0.1) is 47.1 Å². The standard InChI is InChI=1S/C27H22B6F6O9S/c1-24(21(40)46-19-15(8-30)2-13(6-28)3-16(19)9-31,22(41)47-20-17(10-32)4-14(7-29)5-18(20)11-33)23(42)48-25(26(34,35)36,27(37,38)39)12-49(43,44)45/h2-5H,6-12H2,1H3,(H,43,44,45). The fraction of sp³-hybridized carbons (Fsp3) is 0.444. The van der Waals surface area contributed by atoms with Gasteiger partial charge in [0.1, 0.15) is 17.3 Å². The molecule has 22 heteroatoms. The minimum absolute atomic E-state index is 0.0552. The molecule has 49 heavy (non-hydrogen) atoms. The normalized spacial score (nSPS) is 12.7. The van der Waals surface area contributed by atoms with Crippen LogP contribution in [0.15, 0.2) is 24.3 Å². The quantitative estimate of drug-likeness (QED) is 0.0778. The van der Waals surface area contributed by atoms with Crippen LogP contribution in [0.5, 0.6) is 11.5 Å². The van der Waals surface area contributed by atoms with Crippen molar-refractivity contribution in [2.75, 3.05) is 5.75 Å². The first-order chi connectivity index (χ1) is 22.5. The highest BCUT2D eigenvalue weighted by Gasteiger charge is 2.77. The molecule has 250 valence electrons. The van der Waals surface area contributed by atoms with E-state index in [1.807, 2.05) is 0 Å². The number of alkyl halides is 6. The van der Waals surface area contributed by atoms with E-state index in [-0.39, 0.29) is 41.8 Å². The Hall–Kier alpha value is -3.27. The van der Waals surface area contributed by atoms with E-state index < -0.39 is 93.9 Å². The molecule has 0 fully saturated rings. The van der Waals surface area contributed by atoms with Gasteiger partial charge in [-0.3, -0.25) is 9.35 Å². The van der Waals surface area contributed by atoms with Crippen LogP contribution in [0.1, 0.15) is 40.3 Å². The lowest BCUT2D eigenvalue weighted by atomic mass is 9.84. The third kappa shape index (κ3) is 8.91. The lowest BCUT2D eigenvalue weighted by molar-refractivity contribution is -0.362. The summed E-state index contributed by atoms with van der Waals surface area (Å²) in [4.78, 5) is 41.0. The Bertz CT molecular complexity index is 1540. The number of benzene rings is 2. The second kappa shape index (κ2) is 15.7. The van der Waals surface area contributed by atoms with E-state index in [4.69, 9.17) is 61.1 Å². The first-order valence-electron chi connectivity index (χ1n) is 13.8. The van der Waals surface area contributed by atoms with Crippen LogP contribution in [-0.4, -0.2) is 102 Å². The predicted octanol–water partition coefficient (Wildman–Crippen LogP) is 1.51. The smallest absolute Gasteiger partial charge is 0.437 e. The zero-order valence-electron chi connectivity index (χ0n) is 25.6. The van der Waals surface area contributed by atoms with Crippen molar-refractivity contribution in [2.24, 2.45) is 5.41 Å². The summed E-state index contributed by atoms with van der Waals surface area (Å²) in [6.07, 6.45) is -15.5. The van der Waals surface area contributed by atoms with E-state index in [0.29, 0.717) is 11.1 Å². The van der Waals surface area contributed by atoms with Crippen molar-refractivity contribution in [3.05, 3.63) is 57.6 Å². The Balaban J connectivity index is 2.91. The SMILES string of the molecule is [B]Cc1cc(C[B])c(OC(=O)C(C)(C(=O)Oc2c(C[B])cc(C[B])cc2C[B])C(=O)OC(CS(=O)(=O)O)(C(F)(F)F)C(F)(F)F)c(C[B])c1. The second-order valence-electron chi connectivity index (χ2n) is 10.6. The third-order valence-electron chi connectivity index (χ3n) is 7.14. The van der Waals surface area contributed by atoms with Crippen molar-refractivity contribution >= 4 is 75.1 Å². The number of carbonyl (C=O) groups is 3. The van der Waals surface area contributed by atoms with Gasteiger partial charge in [-0.1, -0.05) is 73.3 Å². The predicted molar refractivity (Wildman–Crippen MR) is 166 cm³/mol. The summed E-state index contributed by atoms with van der Waals surface area (Å²) in [5.74, 6) is -11.7. The highest BCUT2D eigenvalue weighted by Crippen LogP contribution is 2.48. The van der Waals surface area contributed by atoms with Gasteiger partial charge >= 0.3 is 35.9 Å². The van der Waals surface area contributed by atoms with Crippen molar-refractivity contribution in [3.63, 3.8) is 0 Å². The van der Waals surface area contributed by atoms with Crippen LogP contribution < -0.4 is 9.47 Å². The molecule has 2 rings (SSSR count). The van der Waals surface area contributed by atoms with Gasteiger partial charge in [0.25, 0.3) is 15.5 Å². The first-order valence-corrected chi connectivity index (χ1v) is 15.4. The van der Waals surface area contributed by atoms with Gasteiger partial charge in [0.2, 0.25) is 0 Å². The number of hydrogen-bond acceptors (Lipinski definition) is 8. The highest BCUT2D eigenvalue weighted by molar-refractivity contribution is 7.85. The number of carbonyl (C=O) groups excluding carboxylic acids is 3. The molecule has 1 N–H and O–H groups in total. The maximum Gasteiger partial charge on any atom is 0.438 e. The third-order valence-corrected chi connectivity index (χ3v) is 7.91. The molecule has 0 unspecified atom stereocenters. The van der Waals surface area contributed by atoms with Gasteiger partial charge in [0, 0.05) is 0 Å². The molecule has 9 nitrogen and oxygen atoms in total. The number of hydrogen-bond donors (Lipinski definition) is 1. The van der Waals surface area contributed by atoms with E-state index in [0.717, 1.165) is 0 Å². The van der Waals surface area contributed by atoms with Crippen LogP contribution in [0.2, 0.25) is 0 Å². The van der Waals surface area contributed by atoms with Crippen molar-refractivity contribution in [1.29, 1.82) is 0 Å². The van der Waals surface area contributed by atoms with Gasteiger partial charge in [-0.2, -0.15) is 34.8 Å². The fourth-order valence-electron chi connectivity index (χ4n) is 4.38. The molecule has 0 amide bonds. The summed E-state index contributed by atoms with van der Waals surface area (Å²) in [5, 5.41) is 0. The van der Waals surface area contributed by atoms with Crippen LogP contribution in [-0.2, 0) is 67.2 Å². The Morgan fingerprint density at radius 3 is 1.16 bits per heavy atom. The fourth-order valence-corrected chi connectivity index (χ4v) is 5.28. The maximum atomic E-state index is 14.1. The maximum absolute atomic E-state index is 14.1. The van der Waals surface area contributed by atoms with Gasteiger partial charge in [0.15, 0.2) is 0 Å². The molecule has 12 radical (unpaired) electrons. The van der Waals surface area contributed by atoms with Crippen molar-refractivity contribution in [2.45, 2.75) is 62.8 Å². The molecular formula is C27H22B6F6O9S. The summed E-state index contributed by atoms with van der Waals surface area (Å²) in [6, 6.07) is 5.17. The Morgan fingerprint density at radius 2 is 0.939 bits per heavy atom. The Morgan fingerprint density at radius 1 is 0.633 bits per heavy atom. The molecule has 0 aliphatic carbocycles. The minimum atomic E-state index is -6.82. The zero-order chi connectivity index (χ0) is 37.8. The van der Waals surface area contributed by atoms with Gasteiger partial charge in [-0.15, -0.1) is 0 Å². The Labute approximate surface area is 285 Å². The lowest BCUT2D eigenvalue weighted by Crippen LogP contribution is -2.65. The second-order valence-corrected chi connectivity index (χ2v) is 12.0. The summed E-state index contributed by atoms with van der Waals surface area (Å²) >= 11 is 0. The molecule has 0 heterocycles. The molecule has 0 atom stereocenters. The van der Waals surface area contributed by atoms with Crippen LogP contribution in [0, 0.1) is 5.41 Å². The average molecular weight is 701 g/mol. The van der Waals surface area contributed by atoms with Gasteiger partial charge in [-0.05, 0) is 29.2 Å². The van der Waals surface area contributed by atoms with Crippen LogP contribution in [0.3, 0.4) is 0 Å². The molecule has 2 aromatic carbocycles. The Kier molecular flexibility index (Phi) is 13.5. The summed E-state index contributed by atoms with van der Waals surface area (Å²) in [7, 11) is 27.8. The molecule has 0 aliphatic rings. The molecule has 0 aromatic heterocycles. The first kappa shape index (κ1) is 41.9. The topological polar surface area (TPSA) is 133 Å². The van der Waals surface area contributed by atoms with Crippen molar-refractivity contribution < 1.29 is 67.9 Å². The molecule has 0 saturated carbocycles. The molecule has 0 bridgehead atoms. The molecule has 0 saturated heterocycles. The number of rotatable bonds is 14. The number of esters is 3. The number of ether oxygens (including phenoxy) is 3. The van der Waals surface area contributed by atoms with Crippen LogP contribution in [0.4, 0.5) is 26.3 Å². The molecular weight excluding hydrogens is 679 g/mol. The van der Waals surface area contributed by atoms with Crippen LogP contribution in [0.25, 0.3) is 0 Å². The number of halogens is 6. The van der Waals surface area contributed by atoms with Gasteiger partial charge in [-0.25, -0.2) is 9.59 Å². The van der Waals surface area contributed by atoms with Gasteiger partial charge < -0.3 is 14.2 Å². The largest absolute Gasteiger partial charge is 0.438 e. The molecule has 2 aromatic rings. The molecule has 0 spiro atoms. The minimum Gasteiger partial charge on any atom is -0.437 e. The van der Waals surface area contributed by atoms with E-state index in [1.165, 1.54) is 24.3 Å². The van der Waals surface area contributed by atoms with Crippen molar-refractivity contribution in [3.8, 4) is 11.5 Å². The van der Waals surface area contributed by atoms with E-state index in [9.17, 15) is 49.1 Å².